The average Bonchev–Trinajstić information content (AvgIpc) is 2.86. The highest BCUT2D eigenvalue weighted by Gasteiger charge is 2.19. The Kier molecular flexibility index (Phi) is 7.98. The third-order valence-electron chi connectivity index (χ3n) is 5.84. The molecule has 5 nitrogen and oxygen atoms in total. The first-order valence-corrected chi connectivity index (χ1v) is 12.4. The number of hydrogen-bond donors (Lipinski definition) is 1. The van der Waals surface area contributed by atoms with Crippen LogP contribution in [0, 0.1) is 5.92 Å². The number of nitrogens with one attached hydrogen (secondary N) is 1. The molecule has 1 amide bonds. The van der Waals surface area contributed by atoms with Gasteiger partial charge in [-0.2, -0.15) is 0 Å². The molecule has 1 aromatic heterocycles. The van der Waals surface area contributed by atoms with Crippen LogP contribution in [0.5, 0.6) is 0 Å². The van der Waals surface area contributed by atoms with Gasteiger partial charge in [-0.15, -0.1) is 0 Å². The number of rotatable bonds is 9. The molecule has 35 heavy (non-hydrogen) atoms. The normalized spacial score (nSPS) is 12.0. The lowest BCUT2D eigenvalue weighted by Gasteiger charge is -2.27. The summed E-state index contributed by atoms with van der Waals surface area (Å²) in [6, 6.07) is 25.6. The second-order valence-corrected chi connectivity index (χ2v) is 9.62. The molecule has 0 aliphatic heterocycles. The number of amides is 1. The van der Waals surface area contributed by atoms with E-state index in [9.17, 15) is 4.79 Å². The van der Waals surface area contributed by atoms with Crippen molar-refractivity contribution in [2.45, 2.75) is 33.2 Å². The van der Waals surface area contributed by atoms with Crippen LogP contribution < -0.4 is 10.2 Å². The van der Waals surface area contributed by atoms with Gasteiger partial charge in [0, 0.05) is 35.5 Å². The number of carbonyl (C=O) groups is 1. The number of aromatic nitrogens is 2. The molecule has 0 fully saturated rings. The molecule has 0 spiro atoms. The molecular weight excluding hydrogens is 456 g/mol. The molecule has 0 saturated heterocycles. The highest BCUT2D eigenvalue weighted by Crippen LogP contribution is 2.30. The highest BCUT2D eigenvalue weighted by atomic mass is 35.5. The number of carbonyl (C=O) groups excluding carboxylic acids is 1. The number of fused-ring (bicyclic) bond motifs is 1. The van der Waals surface area contributed by atoms with E-state index >= 15 is 0 Å². The van der Waals surface area contributed by atoms with Crippen molar-refractivity contribution in [2.75, 3.05) is 18.0 Å². The SMILES string of the molecule is CC(C)CN(CCC(=O)N[C@@H](C)c1ccccc1)c1nc(-c2ccccc2)nc2cc(Cl)ccc12. The van der Waals surface area contributed by atoms with Crippen LogP contribution in [0.2, 0.25) is 5.02 Å². The van der Waals surface area contributed by atoms with Gasteiger partial charge in [-0.25, -0.2) is 9.97 Å². The quantitative estimate of drug-likeness (QED) is 0.286. The Morgan fingerprint density at radius 1 is 0.943 bits per heavy atom. The van der Waals surface area contributed by atoms with E-state index in [4.69, 9.17) is 21.6 Å². The number of hydrogen-bond acceptors (Lipinski definition) is 4. The Morgan fingerprint density at radius 2 is 1.63 bits per heavy atom. The number of nitrogens with zero attached hydrogens (tertiary/aromatic N) is 3. The molecule has 1 N–H and O–H groups in total. The number of benzene rings is 3. The zero-order chi connectivity index (χ0) is 24.8. The summed E-state index contributed by atoms with van der Waals surface area (Å²) in [5.74, 6) is 1.87. The predicted octanol–water partition coefficient (Wildman–Crippen LogP) is 6.68. The topological polar surface area (TPSA) is 58.1 Å². The van der Waals surface area contributed by atoms with Gasteiger partial charge in [0.05, 0.1) is 11.6 Å². The monoisotopic (exact) mass is 486 g/mol. The van der Waals surface area contributed by atoms with E-state index in [0.717, 1.165) is 34.4 Å². The molecule has 0 aliphatic rings. The summed E-state index contributed by atoms with van der Waals surface area (Å²) in [7, 11) is 0. The molecule has 6 heteroatoms. The summed E-state index contributed by atoms with van der Waals surface area (Å²) in [6.45, 7) is 7.66. The van der Waals surface area contributed by atoms with Gasteiger partial charge in [0.25, 0.3) is 0 Å². The molecule has 4 rings (SSSR count). The maximum atomic E-state index is 12.9. The van der Waals surface area contributed by atoms with Crippen molar-refractivity contribution in [3.8, 4) is 11.4 Å². The number of halogens is 1. The fraction of sp³-hybridized carbons (Fsp3) is 0.276. The lowest BCUT2D eigenvalue weighted by Crippen LogP contribution is -2.34. The van der Waals surface area contributed by atoms with E-state index in [-0.39, 0.29) is 11.9 Å². The van der Waals surface area contributed by atoms with Crippen LogP contribution in [0.25, 0.3) is 22.3 Å². The third kappa shape index (κ3) is 6.37. The molecule has 0 unspecified atom stereocenters. The van der Waals surface area contributed by atoms with E-state index in [0.29, 0.717) is 29.7 Å². The summed E-state index contributed by atoms with van der Waals surface area (Å²) in [5, 5.41) is 4.68. The van der Waals surface area contributed by atoms with Gasteiger partial charge in [-0.1, -0.05) is 86.1 Å². The molecule has 1 atom stereocenters. The molecule has 0 bridgehead atoms. The van der Waals surface area contributed by atoms with Gasteiger partial charge in [-0.05, 0) is 36.6 Å². The van der Waals surface area contributed by atoms with Crippen molar-refractivity contribution in [2.24, 2.45) is 5.92 Å². The molecule has 180 valence electrons. The van der Waals surface area contributed by atoms with Crippen molar-refractivity contribution in [1.82, 2.24) is 15.3 Å². The maximum absolute atomic E-state index is 12.9. The minimum absolute atomic E-state index is 0.0137. The first-order chi connectivity index (χ1) is 16.9. The summed E-state index contributed by atoms with van der Waals surface area (Å²) < 4.78 is 0. The third-order valence-corrected chi connectivity index (χ3v) is 6.08. The zero-order valence-corrected chi connectivity index (χ0v) is 21.2. The molecular formula is C29H31ClN4O. The fourth-order valence-electron chi connectivity index (χ4n) is 4.14. The van der Waals surface area contributed by atoms with Gasteiger partial charge < -0.3 is 10.2 Å². The van der Waals surface area contributed by atoms with E-state index in [1.165, 1.54) is 0 Å². The molecule has 3 aromatic carbocycles. The first-order valence-electron chi connectivity index (χ1n) is 12.0. The van der Waals surface area contributed by atoms with E-state index in [2.05, 4.69) is 24.1 Å². The largest absolute Gasteiger partial charge is 0.355 e. The zero-order valence-electron chi connectivity index (χ0n) is 20.4. The fourth-order valence-corrected chi connectivity index (χ4v) is 4.31. The average molecular weight is 487 g/mol. The van der Waals surface area contributed by atoms with Crippen LogP contribution >= 0.6 is 11.6 Å². The van der Waals surface area contributed by atoms with Gasteiger partial charge >= 0.3 is 0 Å². The van der Waals surface area contributed by atoms with Crippen molar-refractivity contribution in [3.63, 3.8) is 0 Å². The Balaban J connectivity index is 1.62. The predicted molar refractivity (Wildman–Crippen MR) is 145 cm³/mol. The minimum Gasteiger partial charge on any atom is -0.355 e. The maximum Gasteiger partial charge on any atom is 0.222 e. The lowest BCUT2D eigenvalue weighted by atomic mass is 10.1. The van der Waals surface area contributed by atoms with Crippen LogP contribution in [-0.2, 0) is 4.79 Å². The molecule has 0 radical (unpaired) electrons. The Labute approximate surface area is 212 Å². The van der Waals surface area contributed by atoms with Crippen LogP contribution in [0.4, 0.5) is 5.82 Å². The molecule has 4 aromatic rings. The van der Waals surface area contributed by atoms with E-state index in [1.807, 2.05) is 85.8 Å². The van der Waals surface area contributed by atoms with Crippen molar-refractivity contribution in [1.29, 1.82) is 0 Å². The Morgan fingerprint density at radius 3 is 2.31 bits per heavy atom. The van der Waals surface area contributed by atoms with Gasteiger partial charge in [0.1, 0.15) is 5.82 Å². The van der Waals surface area contributed by atoms with Crippen LogP contribution in [-0.4, -0.2) is 29.0 Å². The number of anilines is 1. The second kappa shape index (κ2) is 11.3. The standard InChI is InChI=1S/C29H31ClN4O/c1-20(2)19-34(17-16-27(35)31-21(3)22-10-6-4-7-11-22)29-25-15-14-24(30)18-26(25)32-28(33-29)23-12-8-5-9-13-23/h4-15,18,20-21H,16-17,19H2,1-3H3,(H,31,35)/t21-/m0/s1. The summed E-state index contributed by atoms with van der Waals surface area (Å²) in [6.07, 6.45) is 0.365. The Hall–Kier alpha value is -3.44. The molecule has 1 heterocycles. The summed E-state index contributed by atoms with van der Waals surface area (Å²) in [4.78, 5) is 24.8. The first kappa shape index (κ1) is 24.7. The van der Waals surface area contributed by atoms with Crippen molar-refractivity contribution < 1.29 is 4.79 Å². The van der Waals surface area contributed by atoms with Crippen LogP contribution in [0.1, 0.15) is 38.8 Å². The highest BCUT2D eigenvalue weighted by molar-refractivity contribution is 6.31. The second-order valence-electron chi connectivity index (χ2n) is 9.19. The van der Waals surface area contributed by atoms with Gasteiger partial charge in [0.15, 0.2) is 5.82 Å². The van der Waals surface area contributed by atoms with Crippen molar-refractivity contribution >= 4 is 34.2 Å². The summed E-state index contributed by atoms with van der Waals surface area (Å²) in [5.41, 5.74) is 2.82. The van der Waals surface area contributed by atoms with E-state index in [1.54, 1.807) is 0 Å². The summed E-state index contributed by atoms with van der Waals surface area (Å²) >= 11 is 6.31. The molecule has 0 saturated carbocycles. The van der Waals surface area contributed by atoms with Gasteiger partial charge in [-0.3, -0.25) is 4.79 Å². The van der Waals surface area contributed by atoms with Crippen LogP contribution in [0.3, 0.4) is 0 Å². The van der Waals surface area contributed by atoms with Crippen LogP contribution in [0.15, 0.2) is 78.9 Å². The van der Waals surface area contributed by atoms with Crippen molar-refractivity contribution in [3.05, 3.63) is 89.4 Å². The van der Waals surface area contributed by atoms with Gasteiger partial charge in [0.2, 0.25) is 5.91 Å². The Bertz CT molecular complexity index is 1280. The minimum atomic E-state index is -0.0473. The lowest BCUT2D eigenvalue weighted by molar-refractivity contribution is -0.121. The smallest absolute Gasteiger partial charge is 0.222 e. The molecule has 0 aliphatic carbocycles. The van der Waals surface area contributed by atoms with E-state index < -0.39 is 0 Å².